The molecule has 0 radical (unpaired) electrons. The van der Waals surface area contributed by atoms with E-state index < -0.39 is 6.09 Å². The third-order valence-electron chi connectivity index (χ3n) is 2.72. The van der Waals surface area contributed by atoms with E-state index in [9.17, 15) is 4.79 Å². The summed E-state index contributed by atoms with van der Waals surface area (Å²) in [5.74, 6) is 0. The summed E-state index contributed by atoms with van der Waals surface area (Å²) in [5.41, 5.74) is 1.56. The molecule has 0 unspecified atom stereocenters. The Bertz CT molecular complexity index is 531. The predicted molar refractivity (Wildman–Crippen MR) is 75.3 cm³/mol. The zero-order chi connectivity index (χ0) is 14.2. The second-order valence-electron chi connectivity index (χ2n) is 4.12. The van der Waals surface area contributed by atoms with Crippen molar-refractivity contribution in [2.75, 3.05) is 18.1 Å². The summed E-state index contributed by atoms with van der Waals surface area (Å²) < 4.78 is 5.25. The first-order chi connectivity index (χ1) is 9.81. The van der Waals surface area contributed by atoms with Crippen molar-refractivity contribution >= 4 is 11.8 Å². The minimum absolute atomic E-state index is 0.136. The van der Waals surface area contributed by atoms with Crippen LogP contribution in [0.25, 0.3) is 0 Å². The molecule has 5 nitrogen and oxygen atoms in total. The molecule has 0 atom stereocenters. The molecule has 0 saturated carbocycles. The molecule has 0 saturated heterocycles. The standard InChI is InChI=1S/C15H16N2O3/c18-11-10-17(14-6-8-16-9-7-14)15(19)20-12-13-4-2-1-3-5-13/h1-9,18H,10-12H2. The van der Waals surface area contributed by atoms with Crippen LogP contribution in [-0.2, 0) is 11.3 Å². The topological polar surface area (TPSA) is 62.7 Å². The minimum Gasteiger partial charge on any atom is -0.444 e. The summed E-state index contributed by atoms with van der Waals surface area (Å²) >= 11 is 0. The summed E-state index contributed by atoms with van der Waals surface area (Å²) in [5, 5.41) is 9.07. The van der Waals surface area contributed by atoms with Crippen molar-refractivity contribution in [2.45, 2.75) is 6.61 Å². The molecule has 0 fully saturated rings. The van der Waals surface area contributed by atoms with Gasteiger partial charge in [-0.05, 0) is 17.7 Å². The lowest BCUT2D eigenvalue weighted by atomic mass is 10.2. The summed E-state index contributed by atoms with van der Waals surface area (Å²) in [6, 6.07) is 12.8. The van der Waals surface area contributed by atoms with Gasteiger partial charge in [0.2, 0.25) is 0 Å². The summed E-state index contributed by atoms with van der Waals surface area (Å²) in [6.07, 6.45) is 2.68. The molecule has 0 aliphatic heterocycles. The van der Waals surface area contributed by atoms with Gasteiger partial charge in [0.05, 0.1) is 18.8 Å². The largest absolute Gasteiger partial charge is 0.444 e. The fraction of sp³-hybridized carbons (Fsp3) is 0.200. The van der Waals surface area contributed by atoms with E-state index in [2.05, 4.69) is 4.98 Å². The fourth-order valence-corrected chi connectivity index (χ4v) is 1.75. The van der Waals surface area contributed by atoms with E-state index in [0.717, 1.165) is 5.56 Å². The number of aliphatic hydroxyl groups excluding tert-OH is 1. The first-order valence-corrected chi connectivity index (χ1v) is 6.30. The number of rotatable bonds is 5. The molecule has 1 aromatic carbocycles. The highest BCUT2D eigenvalue weighted by Crippen LogP contribution is 2.14. The predicted octanol–water partition coefficient (Wildman–Crippen LogP) is 2.22. The minimum atomic E-state index is -0.492. The molecule has 0 aliphatic rings. The Hall–Kier alpha value is -2.40. The Kier molecular flexibility index (Phi) is 5.08. The molecular weight excluding hydrogens is 256 g/mol. The smallest absolute Gasteiger partial charge is 0.414 e. The molecule has 0 aliphatic carbocycles. The number of carbonyl (C=O) groups excluding carboxylic acids is 1. The van der Waals surface area contributed by atoms with E-state index in [-0.39, 0.29) is 19.8 Å². The van der Waals surface area contributed by atoms with Crippen LogP contribution in [0.1, 0.15) is 5.56 Å². The Morgan fingerprint density at radius 1 is 1.15 bits per heavy atom. The molecule has 1 heterocycles. The van der Waals surface area contributed by atoms with Crippen molar-refractivity contribution in [2.24, 2.45) is 0 Å². The highest BCUT2D eigenvalue weighted by molar-refractivity contribution is 5.87. The van der Waals surface area contributed by atoms with Crippen molar-refractivity contribution in [3.05, 3.63) is 60.4 Å². The Morgan fingerprint density at radius 3 is 2.50 bits per heavy atom. The number of ether oxygens (including phenoxy) is 1. The number of aromatic nitrogens is 1. The van der Waals surface area contributed by atoms with Crippen LogP contribution >= 0.6 is 0 Å². The van der Waals surface area contributed by atoms with Gasteiger partial charge < -0.3 is 9.84 Å². The first kappa shape index (κ1) is 14.0. The Labute approximate surface area is 117 Å². The molecule has 104 valence electrons. The zero-order valence-electron chi connectivity index (χ0n) is 11.0. The van der Waals surface area contributed by atoms with Crippen molar-refractivity contribution < 1.29 is 14.6 Å². The van der Waals surface area contributed by atoms with E-state index in [1.54, 1.807) is 24.5 Å². The fourth-order valence-electron chi connectivity index (χ4n) is 1.75. The van der Waals surface area contributed by atoms with Gasteiger partial charge in [-0.2, -0.15) is 0 Å². The lowest BCUT2D eigenvalue weighted by molar-refractivity contribution is 0.145. The number of aliphatic hydroxyl groups is 1. The monoisotopic (exact) mass is 272 g/mol. The number of hydrogen-bond acceptors (Lipinski definition) is 4. The van der Waals surface area contributed by atoms with Gasteiger partial charge in [0.15, 0.2) is 0 Å². The van der Waals surface area contributed by atoms with Crippen LogP contribution in [0.15, 0.2) is 54.9 Å². The van der Waals surface area contributed by atoms with Crippen LogP contribution in [0.2, 0.25) is 0 Å². The Morgan fingerprint density at radius 2 is 1.85 bits per heavy atom. The van der Waals surface area contributed by atoms with E-state index >= 15 is 0 Å². The van der Waals surface area contributed by atoms with E-state index in [1.807, 2.05) is 30.3 Å². The van der Waals surface area contributed by atoms with Gasteiger partial charge in [0.1, 0.15) is 6.61 Å². The van der Waals surface area contributed by atoms with Gasteiger partial charge in [-0.1, -0.05) is 30.3 Å². The van der Waals surface area contributed by atoms with Gasteiger partial charge in [-0.15, -0.1) is 0 Å². The van der Waals surface area contributed by atoms with Crippen molar-refractivity contribution in [3.8, 4) is 0 Å². The van der Waals surface area contributed by atoms with Gasteiger partial charge in [0.25, 0.3) is 0 Å². The summed E-state index contributed by atoms with van der Waals surface area (Å²) in [4.78, 5) is 17.4. The highest BCUT2D eigenvalue weighted by Gasteiger charge is 2.16. The van der Waals surface area contributed by atoms with Gasteiger partial charge in [-0.3, -0.25) is 9.88 Å². The molecule has 2 aromatic rings. The average molecular weight is 272 g/mol. The maximum Gasteiger partial charge on any atom is 0.414 e. The van der Waals surface area contributed by atoms with E-state index in [4.69, 9.17) is 9.84 Å². The number of benzene rings is 1. The molecule has 20 heavy (non-hydrogen) atoms. The molecule has 1 aromatic heterocycles. The highest BCUT2D eigenvalue weighted by atomic mass is 16.6. The Balaban J connectivity index is 2.01. The second kappa shape index (κ2) is 7.25. The quantitative estimate of drug-likeness (QED) is 0.906. The van der Waals surface area contributed by atoms with Crippen molar-refractivity contribution in [1.82, 2.24) is 4.98 Å². The average Bonchev–Trinajstić information content (AvgIpc) is 2.52. The van der Waals surface area contributed by atoms with Crippen LogP contribution in [0.3, 0.4) is 0 Å². The van der Waals surface area contributed by atoms with Crippen LogP contribution in [0.5, 0.6) is 0 Å². The third-order valence-corrected chi connectivity index (χ3v) is 2.72. The molecule has 0 spiro atoms. The van der Waals surface area contributed by atoms with E-state index in [1.165, 1.54) is 4.90 Å². The molecular formula is C15H16N2O3. The number of nitrogens with zero attached hydrogens (tertiary/aromatic N) is 2. The third kappa shape index (κ3) is 3.80. The maximum atomic E-state index is 12.1. The van der Waals surface area contributed by atoms with E-state index in [0.29, 0.717) is 5.69 Å². The number of pyridine rings is 1. The molecule has 5 heteroatoms. The summed E-state index contributed by atoms with van der Waals surface area (Å²) in [6.45, 7) is 0.243. The van der Waals surface area contributed by atoms with Gasteiger partial charge in [0, 0.05) is 12.4 Å². The lowest BCUT2D eigenvalue weighted by Crippen LogP contribution is -2.34. The molecule has 1 N–H and O–H groups in total. The molecule has 2 rings (SSSR count). The summed E-state index contributed by atoms with van der Waals surface area (Å²) in [7, 11) is 0. The number of hydrogen-bond donors (Lipinski definition) is 1. The van der Waals surface area contributed by atoms with Crippen LogP contribution < -0.4 is 4.90 Å². The normalized spacial score (nSPS) is 10.1. The number of anilines is 1. The van der Waals surface area contributed by atoms with Gasteiger partial charge >= 0.3 is 6.09 Å². The van der Waals surface area contributed by atoms with Gasteiger partial charge in [-0.25, -0.2) is 4.79 Å². The second-order valence-corrected chi connectivity index (χ2v) is 4.12. The SMILES string of the molecule is O=C(OCc1ccccc1)N(CCO)c1ccncc1. The number of carbonyl (C=O) groups is 1. The van der Waals surface area contributed by atoms with Crippen LogP contribution in [0.4, 0.5) is 10.5 Å². The number of amides is 1. The first-order valence-electron chi connectivity index (χ1n) is 6.30. The van der Waals surface area contributed by atoms with Crippen LogP contribution in [-0.4, -0.2) is 29.3 Å². The van der Waals surface area contributed by atoms with Crippen molar-refractivity contribution in [3.63, 3.8) is 0 Å². The van der Waals surface area contributed by atoms with Crippen molar-refractivity contribution in [1.29, 1.82) is 0 Å². The zero-order valence-corrected chi connectivity index (χ0v) is 11.0. The van der Waals surface area contributed by atoms with Crippen LogP contribution in [0, 0.1) is 0 Å². The maximum absolute atomic E-state index is 12.1. The molecule has 1 amide bonds. The lowest BCUT2D eigenvalue weighted by Gasteiger charge is -2.21. The molecule has 0 bridgehead atoms.